The zero-order valence-corrected chi connectivity index (χ0v) is 13.0. The van der Waals surface area contributed by atoms with Gasteiger partial charge in [0.05, 0.1) is 5.69 Å². The van der Waals surface area contributed by atoms with Gasteiger partial charge in [0.15, 0.2) is 0 Å². The SMILES string of the molecule is Cc1ccnc(C#CCCNC(=O)OCc2ccccc2)c1N. The highest BCUT2D eigenvalue weighted by Gasteiger charge is 2.01. The standard InChI is InChI=1S/C18H19N3O2/c1-14-10-12-20-16(17(14)19)9-5-6-11-21-18(22)23-13-15-7-3-2-4-8-15/h2-4,7-8,10,12H,6,11,13,19H2,1H3,(H,21,22). The van der Waals surface area contributed by atoms with E-state index in [1.54, 1.807) is 6.20 Å². The molecule has 1 aromatic heterocycles. The first-order valence-corrected chi connectivity index (χ1v) is 7.31. The van der Waals surface area contributed by atoms with Gasteiger partial charge >= 0.3 is 6.09 Å². The molecule has 2 aromatic rings. The summed E-state index contributed by atoms with van der Waals surface area (Å²) in [7, 11) is 0. The summed E-state index contributed by atoms with van der Waals surface area (Å²) in [5, 5.41) is 2.65. The maximum Gasteiger partial charge on any atom is 0.407 e. The van der Waals surface area contributed by atoms with Crippen molar-refractivity contribution in [3.05, 3.63) is 59.4 Å². The number of benzene rings is 1. The smallest absolute Gasteiger partial charge is 0.407 e. The van der Waals surface area contributed by atoms with Crippen LogP contribution in [0, 0.1) is 18.8 Å². The lowest BCUT2D eigenvalue weighted by Gasteiger charge is -2.05. The van der Waals surface area contributed by atoms with Gasteiger partial charge in [0, 0.05) is 19.2 Å². The zero-order valence-electron chi connectivity index (χ0n) is 13.0. The van der Waals surface area contributed by atoms with Crippen LogP contribution in [0.1, 0.15) is 23.2 Å². The summed E-state index contributed by atoms with van der Waals surface area (Å²) in [6.07, 6.45) is 1.72. The highest BCUT2D eigenvalue weighted by molar-refractivity contribution is 5.67. The molecule has 0 aliphatic rings. The van der Waals surface area contributed by atoms with E-state index >= 15 is 0 Å². The van der Waals surface area contributed by atoms with Crippen LogP contribution in [0.25, 0.3) is 0 Å². The summed E-state index contributed by atoms with van der Waals surface area (Å²) >= 11 is 0. The van der Waals surface area contributed by atoms with Crippen molar-refractivity contribution in [2.24, 2.45) is 0 Å². The molecule has 0 saturated carbocycles. The lowest BCUT2D eigenvalue weighted by Crippen LogP contribution is -2.24. The second-order valence-corrected chi connectivity index (χ2v) is 4.93. The number of nitrogens with one attached hydrogen (secondary N) is 1. The Bertz CT molecular complexity index is 718. The number of nitrogen functional groups attached to an aromatic ring is 1. The number of nitrogens with two attached hydrogens (primary N) is 1. The quantitative estimate of drug-likeness (QED) is 0.672. The van der Waals surface area contributed by atoms with Crippen molar-refractivity contribution in [1.82, 2.24) is 10.3 Å². The number of amides is 1. The molecule has 118 valence electrons. The number of hydrogen-bond donors (Lipinski definition) is 2. The summed E-state index contributed by atoms with van der Waals surface area (Å²) in [5.74, 6) is 5.84. The van der Waals surface area contributed by atoms with Gasteiger partial charge in [-0.3, -0.25) is 0 Å². The van der Waals surface area contributed by atoms with Gasteiger partial charge in [-0.15, -0.1) is 0 Å². The number of rotatable bonds is 4. The topological polar surface area (TPSA) is 77.2 Å². The number of nitrogens with zero attached hydrogens (tertiary/aromatic N) is 1. The fourth-order valence-electron chi connectivity index (χ4n) is 1.82. The predicted molar refractivity (Wildman–Crippen MR) is 89.5 cm³/mol. The molecular formula is C18H19N3O2. The van der Waals surface area contributed by atoms with Crippen LogP contribution in [0.15, 0.2) is 42.6 Å². The fraction of sp³-hybridized carbons (Fsp3) is 0.222. The Morgan fingerprint density at radius 1 is 1.30 bits per heavy atom. The molecule has 0 fully saturated rings. The van der Waals surface area contributed by atoms with E-state index < -0.39 is 6.09 Å². The van der Waals surface area contributed by atoms with Crippen molar-refractivity contribution in [2.45, 2.75) is 20.0 Å². The maximum atomic E-state index is 11.5. The van der Waals surface area contributed by atoms with Gasteiger partial charge in [0.2, 0.25) is 0 Å². The van der Waals surface area contributed by atoms with Gasteiger partial charge in [0.25, 0.3) is 0 Å². The van der Waals surface area contributed by atoms with Crippen LogP contribution >= 0.6 is 0 Å². The van der Waals surface area contributed by atoms with E-state index in [4.69, 9.17) is 10.5 Å². The summed E-state index contributed by atoms with van der Waals surface area (Å²) in [5.41, 5.74) is 8.94. The van der Waals surface area contributed by atoms with E-state index in [0.29, 0.717) is 24.3 Å². The van der Waals surface area contributed by atoms with Gasteiger partial charge in [-0.25, -0.2) is 9.78 Å². The number of carbonyl (C=O) groups is 1. The van der Waals surface area contributed by atoms with E-state index in [-0.39, 0.29) is 6.61 Å². The van der Waals surface area contributed by atoms with Crippen LogP contribution < -0.4 is 11.1 Å². The molecule has 0 bridgehead atoms. The fourth-order valence-corrected chi connectivity index (χ4v) is 1.82. The molecule has 0 unspecified atom stereocenters. The van der Waals surface area contributed by atoms with Crippen molar-refractivity contribution in [2.75, 3.05) is 12.3 Å². The van der Waals surface area contributed by atoms with Crippen LogP contribution in [-0.2, 0) is 11.3 Å². The van der Waals surface area contributed by atoms with E-state index in [0.717, 1.165) is 11.1 Å². The van der Waals surface area contributed by atoms with Crippen LogP contribution in [0.5, 0.6) is 0 Å². The Hall–Kier alpha value is -3.00. The average Bonchev–Trinajstić information content (AvgIpc) is 2.57. The molecule has 2 rings (SSSR count). The van der Waals surface area contributed by atoms with Crippen LogP contribution in [0.2, 0.25) is 0 Å². The number of hydrogen-bond acceptors (Lipinski definition) is 4. The van der Waals surface area contributed by atoms with E-state index in [2.05, 4.69) is 22.1 Å². The summed E-state index contributed by atoms with van der Waals surface area (Å²) in [4.78, 5) is 15.7. The predicted octanol–water partition coefficient (Wildman–Crippen LogP) is 2.64. The van der Waals surface area contributed by atoms with Gasteiger partial charge in [-0.05, 0) is 30.0 Å². The number of aromatic nitrogens is 1. The van der Waals surface area contributed by atoms with Crippen molar-refractivity contribution in [1.29, 1.82) is 0 Å². The minimum absolute atomic E-state index is 0.252. The molecule has 0 aliphatic carbocycles. The van der Waals surface area contributed by atoms with Gasteiger partial charge in [-0.2, -0.15) is 0 Å². The van der Waals surface area contributed by atoms with Gasteiger partial charge < -0.3 is 15.8 Å². The first kappa shape index (κ1) is 16.4. The zero-order chi connectivity index (χ0) is 16.5. The lowest BCUT2D eigenvalue weighted by molar-refractivity contribution is 0.140. The number of ether oxygens (including phenoxy) is 1. The molecule has 5 nitrogen and oxygen atoms in total. The van der Waals surface area contributed by atoms with Crippen LogP contribution in [0.4, 0.5) is 10.5 Å². The molecule has 0 saturated heterocycles. The third kappa shape index (κ3) is 5.36. The molecule has 5 heteroatoms. The molecule has 23 heavy (non-hydrogen) atoms. The average molecular weight is 309 g/mol. The maximum absolute atomic E-state index is 11.5. The Kier molecular flexibility index (Phi) is 6.01. The molecule has 0 atom stereocenters. The largest absolute Gasteiger partial charge is 0.445 e. The summed E-state index contributed by atoms with van der Waals surface area (Å²) in [6.45, 7) is 2.57. The first-order chi connectivity index (χ1) is 11.2. The number of alkyl carbamates (subject to hydrolysis) is 1. The molecule has 1 heterocycles. The Morgan fingerprint density at radius 2 is 2.09 bits per heavy atom. The van der Waals surface area contributed by atoms with Crippen molar-refractivity contribution in [3.63, 3.8) is 0 Å². The highest BCUT2D eigenvalue weighted by Crippen LogP contribution is 2.11. The van der Waals surface area contributed by atoms with E-state index in [1.807, 2.05) is 43.3 Å². The van der Waals surface area contributed by atoms with Crippen molar-refractivity contribution in [3.8, 4) is 11.8 Å². The highest BCUT2D eigenvalue weighted by atomic mass is 16.5. The molecule has 1 amide bonds. The van der Waals surface area contributed by atoms with E-state index in [9.17, 15) is 4.79 Å². The second-order valence-electron chi connectivity index (χ2n) is 4.93. The van der Waals surface area contributed by atoms with Crippen LogP contribution in [-0.4, -0.2) is 17.6 Å². The Labute approximate surface area is 135 Å². The minimum atomic E-state index is -0.455. The van der Waals surface area contributed by atoms with E-state index in [1.165, 1.54) is 0 Å². The molecule has 0 radical (unpaired) electrons. The molecular weight excluding hydrogens is 290 g/mol. The van der Waals surface area contributed by atoms with Crippen molar-refractivity contribution >= 4 is 11.8 Å². The number of pyridine rings is 1. The second kappa shape index (κ2) is 8.44. The Morgan fingerprint density at radius 3 is 2.87 bits per heavy atom. The van der Waals surface area contributed by atoms with Crippen molar-refractivity contribution < 1.29 is 9.53 Å². The monoisotopic (exact) mass is 309 g/mol. The third-order valence-corrected chi connectivity index (χ3v) is 3.15. The Balaban J connectivity index is 1.70. The molecule has 0 spiro atoms. The minimum Gasteiger partial charge on any atom is -0.445 e. The third-order valence-electron chi connectivity index (χ3n) is 3.15. The number of anilines is 1. The lowest BCUT2D eigenvalue weighted by atomic mass is 10.2. The summed E-state index contributed by atoms with van der Waals surface area (Å²) < 4.78 is 5.10. The number of carbonyl (C=O) groups excluding carboxylic acids is 1. The first-order valence-electron chi connectivity index (χ1n) is 7.31. The molecule has 1 aromatic carbocycles. The van der Waals surface area contributed by atoms with Crippen LogP contribution in [0.3, 0.4) is 0 Å². The van der Waals surface area contributed by atoms with Gasteiger partial charge in [-0.1, -0.05) is 36.3 Å². The number of aryl methyl sites for hydroxylation is 1. The normalized spacial score (nSPS) is 9.61. The molecule has 0 aliphatic heterocycles. The van der Waals surface area contributed by atoms with Gasteiger partial charge in [0.1, 0.15) is 12.3 Å². The molecule has 3 N–H and O–H groups in total. The summed E-state index contributed by atoms with van der Waals surface area (Å²) in [6, 6.07) is 11.4.